The Hall–Kier alpha value is -3.35. The summed E-state index contributed by atoms with van der Waals surface area (Å²) >= 11 is 0. The van der Waals surface area contributed by atoms with Crippen LogP contribution in [0.15, 0.2) is 30.5 Å². The smallest absolute Gasteiger partial charge is 0.365 e. The highest BCUT2D eigenvalue weighted by Gasteiger charge is 2.33. The molecule has 2 unspecified atom stereocenters. The molecule has 0 spiro atoms. The van der Waals surface area contributed by atoms with E-state index in [0.717, 1.165) is 12.1 Å². The van der Waals surface area contributed by atoms with E-state index in [1.165, 1.54) is 23.0 Å². The van der Waals surface area contributed by atoms with E-state index in [-0.39, 0.29) is 29.3 Å². The van der Waals surface area contributed by atoms with Gasteiger partial charge in [-0.25, -0.2) is 0 Å². The van der Waals surface area contributed by atoms with Crippen molar-refractivity contribution in [2.45, 2.75) is 31.5 Å². The van der Waals surface area contributed by atoms with Crippen molar-refractivity contribution in [3.8, 4) is 6.07 Å². The van der Waals surface area contributed by atoms with Gasteiger partial charge in [-0.15, -0.1) is 0 Å². The van der Waals surface area contributed by atoms with E-state index in [2.05, 4.69) is 16.5 Å². The minimum atomic E-state index is -4.46. The van der Waals surface area contributed by atoms with Crippen LogP contribution in [-0.4, -0.2) is 21.5 Å². The van der Waals surface area contributed by atoms with Crippen LogP contribution in [0.1, 0.15) is 41.2 Å². The van der Waals surface area contributed by atoms with Gasteiger partial charge in [0.05, 0.1) is 23.6 Å². The van der Waals surface area contributed by atoms with Crippen molar-refractivity contribution in [3.63, 3.8) is 0 Å². The Morgan fingerprint density at radius 2 is 2.00 bits per heavy atom. The number of aromatic nitrogens is 2. The van der Waals surface area contributed by atoms with Gasteiger partial charge in [-0.05, 0) is 30.7 Å². The molecule has 2 atom stereocenters. The lowest BCUT2D eigenvalue weighted by Crippen LogP contribution is -2.27. The van der Waals surface area contributed by atoms with Crippen LogP contribution in [-0.2, 0) is 11.0 Å². The maximum atomic E-state index is 12.7. The number of nitrogens with two attached hydrogens (primary N) is 1. The predicted octanol–water partition coefficient (Wildman–Crippen LogP) is 3.18. The van der Waals surface area contributed by atoms with Gasteiger partial charge in [0, 0.05) is 24.7 Å². The van der Waals surface area contributed by atoms with Gasteiger partial charge in [0.1, 0.15) is 11.3 Å². The van der Waals surface area contributed by atoms with Gasteiger partial charge >= 0.3 is 6.18 Å². The van der Waals surface area contributed by atoms with Crippen LogP contribution >= 0.6 is 0 Å². The average Bonchev–Trinajstić information content (AvgIpc) is 3.05. The van der Waals surface area contributed by atoms with Gasteiger partial charge in [0.15, 0.2) is 5.82 Å². The molecule has 0 saturated heterocycles. The van der Waals surface area contributed by atoms with Crippen molar-refractivity contribution in [1.82, 2.24) is 9.78 Å². The Morgan fingerprint density at radius 3 is 2.57 bits per heavy atom. The standard InChI is InChI=1S/C18H16F3N5O2/c19-18(20,21)11-1-3-12(4-2-11)24-17-14(16(23)28)9-26(25-17)15-6-5-13(27)7-10(15)8-22/h1-4,9-10,15H,5-7H2,(H2,23,28)(H,24,25). The van der Waals surface area contributed by atoms with Crippen molar-refractivity contribution in [1.29, 1.82) is 5.26 Å². The zero-order chi connectivity index (χ0) is 20.5. The molecule has 0 aliphatic heterocycles. The molecular weight excluding hydrogens is 375 g/mol. The third kappa shape index (κ3) is 3.98. The van der Waals surface area contributed by atoms with Crippen LogP contribution < -0.4 is 11.1 Å². The molecule has 2 aromatic rings. The Bertz CT molecular complexity index is 944. The summed E-state index contributed by atoms with van der Waals surface area (Å²) in [5, 5.41) is 16.4. The lowest BCUT2D eigenvalue weighted by atomic mass is 9.85. The summed E-state index contributed by atoms with van der Waals surface area (Å²) in [6.45, 7) is 0. The molecule has 1 saturated carbocycles. The molecule has 146 valence electrons. The third-order valence-corrected chi connectivity index (χ3v) is 4.61. The molecule has 7 nitrogen and oxygen atoms in total. The molecule has 1 aliphatic carbocycles. The van der Waals surface area contributed by atoms with Crippen molar-refractivity contribution >= 4 is 23.2 Å². The van der Waals surface area contributed by atoms with Gasteiger partial charge in [0.25, 0.3) is 5.91 Å². The van der Waals surface area contributed by atoms with Crippen LogP contribution in [0, 0.1) is 17.2 Å². The lowest BCUT2D eigenvalue weighted by Gasteiger charge is -2.26. The Morgan fingerprint density at radius 1 is 1.32 bits per heavy atom. The van der Waals surface area contributed by atoms with E-state index < -0.39 is 29.6 Å². The highest BCUT2D eigenvalue weighted by Crippen LogP contribution is 2.34. The van der Waals surface area contributed by atoms with Gasteiger partial charge in [-0.1, -0.05) is 0 Å². The molecule has 1 heterocycles. The number of hydrogen-bond donors (Lipinski definition) is 2. The molecule has 0 radical (unpaired) electrons. The fourth-order valence-corrected chi connectivity index (χ4v) is 3.16. The maximum absolute atomic E-state index is 12.7. The van der Waals surface area contributed by atoms with Crippen LogP contribution in [0.2, 0.25) is 0 Å². The molecule has 3 rings (SSSR count). The summed E-state index contributed by atoms with van der Waals surface area (Å²) in [5.41, 5.74) is 4.90. The lowest BCUT2D eigenvalue weighted by molar-refractivity contribution is -0.137. The first-order chi connectivity index (χ1) is 13.2. The van der Waals surface area contributed by atoms with E-state index in [9.17, 15) is 28.0 Å². The number of alkyl halides is 3. The number of benzene rings is 1. The first kappa shape index (κ1) is 19.4. The molecule has 28 heavy (non-hydrogen) atoms. The van der Waals surface area contributed by atoms with Crippen molar-refractivity contribution < 1.29 is 22.8 Å². The minimum Gasteiger partial charge on any atom is -0.365 e. The molecular formula is C18H16F3N5O2. The number of Topliss-reactive ketones (excluding diaryl/α,β-unsaturated/α-hetero) is 1. The average molecular weight is 391 g/mol. The summed E-state index contributed by atoms with van der Waals surface area (Å²) in [4.78, 5) is 23.3. The van der Waals surface area contributed by atoms with Crippen molar-refractivity contribution in [2.75, 3.05) is 5.32 Å². The Balaban J connectivity index is 1.88. The largest absolute Gasteiger partial charge is 0.416 e. The van der Waals surface area contributed by atoms with Crippen LogP contribution in [0.3, 0.4) is 0 Å². The van der Waals surface area contributed by atoms with Gasteiger partial charge in [-0.3, -0.25) is 14.3 Å². The molecule has 1 aromatic carbocycles. The summed E-state index contributed by atoms with van der Waals surface area (Å²) < 4.78 is 39.5. The Labute approximate surface area is 157 Å². The Kier molecular flexibility index (Phi) is 5.09. The summed E-state index contributed by atoms with van der Waals surface area (Å²) in [7, 11) is 0. The molecule has 3 N–H and O–H groups in total. The van der Waals surface area contributed by atoms with E-state index in [1.54, 1.807) is 0 Å². The molecule has 1 amide bonds. The summed E-state index contributed by atoms with van der Waals surface area (Å²) in [5.74, 6) is -1.30. The van der Waals surface area contributed by atoms with Gasteiger partial charge in [0.2, 0.25) is 0 Å². The molecule has 1 aliphatic rings. The van der Waals surface area contributed by atoms with Crippen LogP contribution in [0.25, 0.3) is 0 Å². The number of halogens is 3. The summed E-state index contributed by atoms with van der Waals surface area (Å²) in [6, 6.07) is 5.92. The number of nitrogens with one attached hydrogen (secondary N) is 1. The zero-order valence-corrected chi connectivity index (χ0v) is 14.5. The second-order valence-corrected chi connectivity index (χ2v) is 6.52. The van der Waals surface area contributed by atoms with E-state index in [0.29, 0.717) is 12.8 Å². The number of ketones is 1. The second kappa shape index (κ2) is 7.34. The molecule has 0 bridgehead atoms. The monoisotopic (exact) mass is 391 g/mol. The normalized spacial score (nSPS) is 19.9. The zero-order valence-electron chi connectivity index (χ0n) is 14.5. The maximum Gasteiger partial charge on any atom is 0.416 e. The number of carbonyl (C=O) groups is 2. The number of primary amides is 1. The fourth-order valence-electron chi connectivity index (χ4n) is 3.16. The third-order valence-electron chi connectivity index (χ3n) is 4.61. The first-order valence-electron chi connectivity index (χ1n) is 8.43. The van der Waals surface area contributed by atoms with Gasteiger partial charge < -0.3 is 11.1 Å². The highest BCUT2D eigenvalue weighted by atomic mass is 19.4. The van der Waals surface area contributed by atoms with Crippen LogP contribution in [0.5, 0.6) is 0 Å². The molecule has 1 fully saturated rings. The number of hydrogen-bond acceptors (Lipinski definition) is 5. The van der Waals surface area contributed by atoms with Crippen molar-refractivity contribution in [2.24, 2.45) is 11.7 Å². The van der Waals surface area contributed by atoms with E-state index in [4.69, 9.17) is 5.73 Å². The number of rotatable bonds is 4. The quantitative estimate of drug-likeness (QED) is 0.831. The van der Waals surface area contributed by atoms with Crippen LogP contribution in [0.4, 0.5) is 24.7 Å². The highest BCUT2D eigenvalue weighted by molar-refractivity contribution is 5.98. The van der Waals surface area contributed by atoms with Gasteiger partial charge in [-0.2, -0.15) is 23.5 Å². The first-order valence-corrected chi connectivity index (χ1v) is 8.43. The van der Waals surface area contributed by atoms with E-state index >= 15 is 0 Å². The predicted molar refractivity (Wildman–Crippen MR) is 92.5 cm³/mol. The topological polar surface area (TPSA) is 114 Å². The number of nitrogens with zero attached hydrogens (tertiary/aromatic N) is 3. The van der Waals surface area contributed by atoms with E-state index in [1.807, 2.05) is 0 Å². The molecule has 10 heteroatoms. The number of nitriles is 1. The number of carbonyl (C=O) groups excluding carboxylic acids is 2. The fraction of sp³-hybridized carbons (Fsp3) is 0.333. The SMILES string of the molecule is N#CC1CC(=O)CCC1n1cc(C(N)=O)c(Nc2ccc(C(F)(F)F)cc2)n1. The second-order valence-electron chi connectivity index (χ2n) is 6.52. The number of anilines is 2. The van der Waals surface area contributed by atoms with Crippen molar-refractivity contribution in [3.05, 3.63) is 41.6 Å². The molecule has 1 aromatic heterocycles. The summed E-state index contributed by atoms with van der Waals surface area (Å²) in [6.07, 6.45) is -2.26. The minimum absolute atomic E-state index is 0.00631. The number of amides is 1.